The number of carbonyl (C=O) groups is 1. The zero-order valence-electron chi connectivity index (χ0n) is 9.64. The van der Waals surface area contributed by atoms with Crippen molar-refractivity contribution < 1.29 is 14.6 Å². The predicted molar refractivity (Wildman–Crippen MR) is 62.8 cm³/mol. The summed E-state index contributed by atoms with van der Waals surface area (Å²) in [6, 6.07) is 7.20. The molecule has 5 nitrogen and oxygen atoms in total. The first kappa shape index (κ1) is 11.7. The Morgan fingerprint density at radius 1 is 1.53 bits per heavy atom. The van der Waals surface area contributed by atoms with Gasteiger partial charge in [0.1, 0.15) is 11.9 Å². The van der Waals surface area contributed by atoms with Crippen molar-refractivity contribution in [3.63, 3.8) is 0 Å². The third-order valence-electron chi connectivity index (χ3n) is 2.79. The van der Waals surface area contributed by atoms with E-state index in [9.17, 15) is 9.90 Å². The third-order valence-corrected chi connectivity index (χ3v) is 2.79. The van der Waals surface area contributed by atoms with Crippen LogP contribution in [0, 0.1) is 0 Å². The number of ether oxygens (including phenoxy) is 1. The summed E-state index contributed by atoms with van der Waals surface area (Å²) in [6.45, 7) is 3.19. The van der Waals surface area contributed by atoms with Gasteiger partial charge in [0.2, 0.25) is 0 Å². The van der Waals surface area contributed by atoms with E-state index in [1.165, 1.54) is 0 Å². The van der Waals surface area contributed by atoms with E-state index in [4.69, 9.17) is 4.74 Å². The van der Waals surface area contributed by atoms with E-state index in [0.717, 1.165) is 5.56 Å². The summed E-state index contributed by atoms with van der Waals surface area (Å²) in [7, 11) is 0. The number of aromatic hydroxyl groups is 1. The number of benzene rings is 1. The lowest BCUT2D eigenvalue weighted by atomic mass is 10.1. The fraction of sp³-hybridized carbons (Fsp3) is 0.417. The first-order valence-electron chi connectivity index (χ1n) is 5.62. The van der Waals surface area contributed by atoms with Crippen molar-refractivity contribution in [1.82, 2.24) is 10.6 Å². The van der Waals surface area contributed by atoms with Gasteiger partial charge in [-0.05, 0) is 24.6 Å². The monoisotopic (exact) mass is 236 g/mol. The minimum Gasteiger partial charge on any atom is -0.508 e. The molecule has 17 heavy (non-hydrogen) atoms. The average Bonchev–Trinajstić information content (AvgIpc) is 2.73. The van der Waals surface area contributed by atoms with Gasteiger partial charge in [-0.3, -0.25) is 0 Å². The van der Waals surface area contributed by atoms with E-state index in [1.807, 2.05) is 19.1 Å². The molecule has 0 unspecified atom stereocenters. The molecule has 92 valence electrons. The molecule has 0 saturated carbocycles. The van der Waals surface area contributed by atoms with Crippen molar-refractivity contribution in [1.29, 1.82) is 0 Å². The molecule has 0 aromatic heterocycles. The van der Waals surface area contributed by atoms with E-state index < -0.39 is 0 Å². The van der Waals surface area contributed by atoms with Gasteiger partial charge in [-0.25, -0.2) is 4.79 Å². The molecule has 3 N–H and O–H groups in total. The van der Waals surface area contributed by atoms with Gasteiger partial charge in [0.25, 0.3) is 0 Å². The largest absolute Gasteiger partial charge is 0.508 e. The Kier molecular flexibility index (Phi) is 3.49. The van der Waals surface area contributed by atoms with Crippen LogP contribution in [0.25, 0.3) is 0 Å². The second-order valence-corrected chi connectivity index (χ2v) is 4.13. The maximum atomic E-state index is 10.8. The Hall–Kier alpha value is -1.75. The lowest BCUT2D eigenvalue weighted by Gasteiger charge is -2.16. The van der Waals surface area contributed by atoms with Crippen LogP contribution >= 0.6 is 0 Å². The van der Waals surface area contributed by atoms with E-state index in [2.05, 4.69) is 10.6 Å². The number of phenolic OH excluding ortho intramolecular Hbond substituents is 1. The van der Waals surface area contributed by atoms with Gasteiger partial charge in [-0.2, -0.15) is 0 Å². The summed E-state index contributed by atoms with van der Waals surface area (Å²) >= 11 is 0. The van der Waals surface area contributed by atoms with Crippen LogP contribution in [-0.2, 0) is 4.74 Å². The number of cyclic esters (lactones) is 1. The highest BCUT2D eigenvalue weighted by atomic mass is 16.6. The quantitative estimate of drug-likeness (QED) is 0.733. The van der Waals surface area contributed by atoms with Crippen molar-refractivity contribution in [3.8, 4) is 5.75 Å². The Labute approximate surface area is 99.8 Å². The molecule has 1 aliphatic rings. The molecule has 0 aliphatic carbocycles. The van der Waals surface area contributed by atoms with Crippen molar-refractivity contribution in [2.75, 3.05) is 13.1 Å². The van der Waals surface area contributed by atoms with Gasteiger partial charge < -0.3 is 20.5 Å². The summed E-state index contributed by atoms with van der Waals surface area (Å²) in [5, 5.41) is 15.1. The summed E-state index contributed by atoms with van der Waals surface area (Å²) in [4.78, 5) is 10.8. The second-order valence-electron chi connectivity index (χ2n) is 4.13. The maximum Gasteiger partial charge on any atom is 0.407 e. The zero-order valence-corrected chi connectivity index (χ0v) is 9.64. The van der Waals surface area contributed by atoms with Crippen molar-refractivity contribution in [3.05, 3.63) is 29.8 Å². The summed E-state index contributed by atoms with van der Waals surface area (Å²) < 4.78 is 5.01. The van der Waals surface area contributed by atoms with Crippen LogP contribution in [0.3, 0.4) is 0 Å². The fourth-order valence-electron chi connectivity index (χ4n) is 1.73. The molecule has 1 aromatic carbocycles. The fourth-order valence-corrected chi connectivity index (χ4v) is 1.73. The lowest BCUT2D eigenvalue weighted by Crippen LogP contribution is -2.31. The summed E-state index contributed by atoms with van der Waals surface area (Å²) in [5.74, 6) is 0.259. The topological polar surface area (TPSA) is 70.6 Å². The molecule has 1 aliphatic heterocycles. The van der Waals surface area contributed by atoms with Crippen molar-refractivity contribution in [2.45, 2.75) is 19.1 Å². The molecule has 5 heteroatoms. The highest BCUT2D eigenvalue weighted by Crippen LogP contribution is 2.16. The molecular weight excluding hydrogens is 220 g/mol. The van der Waals surface area contributed by atoms with Crippen molar-refractivity contribution in [2.24, 2.45) is 0 Å². The molecule has 2 atom stereocenters. The van der Waals surface area contributed by atoms with Crippen LogP contribution in [0.15, 0.2) is 24.3 Å². The minimum absolute atomic E-state index is 0.109. The summed E-state index contributed by atoms with van der Waals surface area (Å²) in [5.41, 5.74) is 1.08. The standard InChI is InChI=1S/C12H16N2O3/c1-8(9-2-4-10(15)5-3-9)13-6-11-7-14-12(16)17-11/h2-5,8,11,13,15H,6-7H2,1H3,(H,14,16)/t8-,11+/m0/s1. The minimum atomic E-state index is -0.353. The molecule has 2 rings (SSSR count). The molecule has 1 amide bonds. The van der Waals surface area contributed by atoms with E-state index in [1.54, 1.807) is 12.1 Å². The number of rotatable bonds is 4. The molecule has 1 aromatic rings. The molecule has 0 radical (unpaired) electrons. The Balaban J connectivity index is 1.82. The molecule has 0 spiro atoms. The Morgan fingerprint density at radius 2 is 2.24 bits per heavy atom. The zero-order chi connectivity index (χ0) is 12.3. The third kappa shape index (κ3) is 3.10. The van der Waals surface area contributed by atoms with E-state index in [-0.39, 0.29) is 24.0 Å². The number of amides is 1. The maximum absolute atomic E-state index is 10.8. The van der Waals surface area contributed by atoms with Crippen LogP contribution in [-0.4, -0.2) is 30.4 Å². The van der Waals surface area contributed by atoms with Gasteiger partial charge in [0, 0.05) is 12.6 Å². The number of hydrogen-bond donors (Lipinski definition) is 3. The molecule has 1 saturated heterocycles. The van der Waals surface area contributed by atoms with Gasteiger partial charge in [0.05, 0.1) is 6.54 Å². The molecule has 1 fully saturated rings. The molecular formula is C12H16N2O3. The first-order valence-corrected chi connectivity index (χ1v) is 5.62. The number of hydrogen-bond acceptors (Lipinski definition) is 4. The smallest absolute Gasteiger partial charge is 0.407 e. The van der Waals surface area contributed by atoms with Gasteiger partial charge in [0.15, 0.2) is 0 Å². The molecule has 1 heterocycles. The number of carbonyl (C=O) groups excluding carboxylic acids is 1. The highest BCUT2D eigenvalue weighted by molar-refractivity contribution is 5.69. The first-order chi connectivity index (χ1) is 8.15. The van der Waals surface area contributed by atoms with E-state index >= 15 is 0 Å². The van der Waals surface area contributed by atoms with Gasteiger partial charge >= 0.3 is 6.09 Å². The normalized spacial score (nSPS) is 20.8. The number of phenols is 1. The second kappa shape index (κ2) is 5.05. The van der Waals surface area contributed by atoms with Crippen LogP contribution < -0.4 is 10.6 Å². The Morgan fingerprint density at radius 3 is 2.82 bits per heavy atom. The predicted octanol–water partition coefficient (Wildman–Crippen LogP) is 1.15. The number of alkyl carbamates (subject to hydrolysis) is 1. The van der Waals surface area contributed by atoms with Gasteiger partial charge in [-0.1, -0.05) is 12.1 Å². The van der Waals surface area contributed by atoms with Crippen LogP contribution in [0.1, 0.15) is 18.5 Å². The van der Waals surface area contributed by atoms with Crippen molar-refractivity contribution >= 4 is 6.09 Å². The highest BCUT2D eigenvalue weighted by Gasteiger charge is 2.22. The molecule has 0 bridgehead atoms. The van der Waals surface area contributed by atoms with Gasteiger partial charge in [-0.15, -0.1) is 0 Å². The number of nitrogens with one attached hydrogen (secondary N) is 2. The summed E-state index contributed by atoms with van der Waals surface area (Å²) in [6.07, 6.45) is -0.462. The SMILES string of the molecule is C[C@H](NC[C@@H]1CNC(=O)O1)c1ccc(O)cc1. The van der Waals surface area contributed by atoms with Crippen LogP contribution in [0.5, 0.6) is 5.75 Å². The lowest BCUT2D eigenvalue weighted by molar-refractivity contribution is 0.137. The van der Waals surface area contributed by atoms with Crippen LogP contribution in [0.4, 0.5) is 4.79 Å². The Bertz CT molecular complexity index is 391. The average molecular weight is 236 g/mol. The van der Waals surface area contributed by atoms with Crippen LogP contribution in [0.2, 0.25) is 0 Å². The van der Waals surface area contributed by atoms with E-state index in [0.29, 0.717) is 13.1 Å².